The smallest absolute Gasteiger partial charge is 0.219 e. The molecule has 2 atom stereocenters. The number of hydrogen-bond acceptors (Lipinski definition) is 3. The Bertz CT molecular complexity index is 792. The lowest BCUT2D eigenvalue weighted by atomic mass is 9.76. The van der Waals surface area contributed by atoms with E-state index in [0.717, 1.165) is 52.1 Å². The van der Waals surface area contributed by atoms with Crippen LogP contribution in [-0.2, 0) is 17.8 Å². The van der Waals surface area contributed by atoms with E-state index >= 15 is 0 Å². The van der Waals surface area contributed by atoms with Crippen molar-refractivity contribution in [2.75, 3.05) is 32.7 Å². The van der Waals surface area contributed by atoms with Crippen molar-refractivity contribution in [1.29, 1.82) is 0 Å². The van der Waals surface area contributed by atoms with E-state index < -0.39 is 0 Å². The van der Waals surface area contributed by atoms with Gasteiger partial charge in [0.25, 0.3) is 0 Å². The Morgan fingerprint density at radius 3 is 2.74 bits per heavy atom. The van der Waals surface area contributed by atoms with Crippen LogP contribution >= 0.6 is 11.6 Å². The van der Waals surface area contributed by atoms with Gasteiger partial charge >= 0.3 is 0 Å². The lowest BCUT2D eigenvalue weighted by molar-refractivity contribution is -0.128. The summed E-state index contributed by atoms with van der Waals surface area (Å²) in [5.74, 6) is 0.771. The summed E-state index contributed by atoms with van der Waals surface area (Å²) in [5, 5.41) is 4.97. The molecule has 0 saturated carbocycles. The average Bonchev–Trinajstić information content (AvgIpc) is 3.31. The number of amides is 1. The maximum atomic E-state index is 12.0. The quantitative estimate of drug-likeness (QED) is 0.766. The molecular weight excluding hydrogens is 360 g/mol. The van der Waals surface area contributed by atoms with Crippen LogP contribution in [0.5, 0.6) is 0 Å². The van der Waals surface area contributed by atoms with Crippen molar-refractivity contribution in [1.82, 2.24) is 19.6 Å². The molecule has 27 heavy (non-hydrogen) atoms. The highest BCUT2D eigenvalue weighted by atomic mass is 35.5. The van der Waals surface area contributed by atoms with Gasteiger partial charge in [-0.2, -0.15) is 5.10 Å². The highest BCUT2D eigenvalue weighted by molar-refractivity contribution is 6.30. The van der Waals surface area contributed by atoms with Crippen LogP contribution in [0.15, 0.2) is 42.7 Å². The van der Waals surface area contributed by atoms with Crippen LogP contribution in [0.1, 0.15) is 18.9 Å². The first-order valence-electron chi connectivity index (χ1n) is 9.74. The minimum Gasteiger partial charge on any atom is -0.342 e. The number of benzene rings is 1. The summed E-state index contributed by atoms with van der Waals surface area (Å²) < 4.78 is 1.91. The van der Waals surface area contributed by atoms with Gasteiger partial charge in [0.15, 0.2) is 0 Å². The molecule has 0 N–H and O–H groups in total. The van der Waals surface area contributed by atoms with Crippen molar-refractivity contribution in [3.05, 3.63) is 53.3 Å². The zero-order chi connectivity index (χ0) is 18.9. The standard InChI is InChI=1S/C21H27ClN4O/c1-17(27)25-13-19-12-24(9-10-26-14-20(22)11-23-26)15-21(19,16-25)8-7-18-5-3-2-4-6-18/h2-6,11,14,19H,7-10,12-13,15-16H2,1H3. The molecule has 1 aromatic carbocycles. The van der Waals surface area contributed by atoms with Gasteiger partial charge in [0.05, 0.1) is 17.8 Å². The van der Waals surface area contributed by atoms with E-state index in [4.69, 9.17) is 11.6 Å². The molecule has 0 aliphatic carbocycles. The predicted octanol–water partition coefficient (Wildman–Crippen LogP) is 2.95. The third-order valence-electron chi connectivity index (χ3n) is 6.28. The maximum Gasteiger partial charge on any atom is 0.219 e. The summed E-state index contributed by atoms with van der Waals surface area (Å²) in [6.07, 6.45) is 5.77. The van der Waals surface area contributed by atoms with Crippen molar-refractivity contribution < 1.29 is 4.79 Å². The van der Waals surface area contributed by atoms with Crippen LogP contribution in [0.25, 0.3) is 0 Å². The fourth-order valence-corrected chi connectivity index (χ4v) is 4.96. The Labute approximate surface area is 165 Å². The molecule has 144 valence electrons. The summed E-state index contributed by atoms with van der Waals surface area (Å²) in [4.78, 5) is 16.6. The third kappa shape index (κ3) is 4.04. The van der Waals surface area contributed by atoms with E-state index in [-0.39, 0.29) is 11.3 Å². The minimum atomic E-state index is 0.209. The van der Waals surface area contributed by atoms with Gasteiger partial charge in [-0.3, -0.25) is 9.48 Å². The summed E-state index contributed by atoms with van der Waals surface area (Å²) in [5.41, 5.74) is 1.60. The lowest BCUT2D eigenvalue weighted by Gasteiger charge is -2.29. The predicted molar refractivity (Wildman–Crippen MR) is 107 cm³/mol. The van der Waals surface area contributed by atoms with Crippen molar-refractivity contribution >= 4 is 17.5 Å². The zero-order valence-electron chi connectivity index (χ0n) is 15.9. The Kier molecular flexibility index (Phi) is 5.24. The summed E-state index contributed by atoms with van der Waals surface area (Å²) in [6, 6.07) is 10.7. The molecule has 2 aliphatic rings. The Morgan fingerprint density at radius 2 is 2.04 bits per heavy atom. The van der Waals surface area contributed by atoms with Crippen LogP contribution < -0.4 is 0 Å². The molecule has 0 bridgehead atoms. The molecule has 0 radical (unpaired) electrons. The fraction of sp³-hybridized carbons (Fsp3) is 0.524. The molecule has 6 heteroatoms. The number of aryl methyl sites for hydroxylation is 1. The van der Waals surface area contributed by atoms with Gasteiger partial charge < -0.3 is 9.80 Å². The van der Waals surface area contributed by atoms with Gasteiger partial charge in [-0.15, -0.1) is 0 Å². The Hall–Kier alpha value is -1.85. The Morgan fingerprint density at radius 1 is 1.22 bits per heavy atom. The lowest BCUT2D eigenvalue weighted by Crippen LogP contribution is -2.37. The molecule has 2 saturated heterocycles. The van der Waals surface area contributed by atoms with Gasteiger partial charge in [-0.05, 0) is 24.3 Å². The minimum absolute atomic E-state index is 0.209. The summed E-state index contributed by atoms with van der Waals surface area (Å²) in [7, 11) is 0. The molecule has 2 aliphatic heterocycles. The highest BCUT2D eigenvalue weighted by Gasteiger charge is 2.52. The van der Waals surface area contributed by atoms with Gasteiger partial charge in [0.1, 0.15) is 0 Å². The van der Waals surface area contributed by atoms with E-state index in [1.54, 1.807) is 13.1 Å². The fourth-order valence-electron chi connectivity index (χ4n) is 4.80. The van der Waals surface area contributed by atoms with Crippen molar-refractivity contribution in [3.63, 3.8) is 0 Å². The highest BCUT2D eigenvalue weighted by Crippen LogP contribution is 2.45. The number of rotatable bonds is 6. The second-order valence-electron chi connectivity index (χ2n) is 8.10. The molecule has 1 amide bonds. The van der Waals surface area contributed by atoms with E-state index in [0.29, 0.717) is 10.9 Å². The molecule has 0 spiro atoms. The van der Waals surface area contributed by atoms with Gasteiger partial charge in [0, 0.05) is 51.3 Å². The van der Waals surface area contributed by atoms with E-state index in [2.05, 4.69) is 45.2 Å². The molecule has 3 heterocycles. The number of likely N-dealkylation sites (tertiary alicyclic amines) is 2. The summed E-state index contributed by atoms with van der Waals surface area (Å²) >= 11 is 5.97. The average molecular weight is 387 g/mol. The molecule has 5 nitrogen and oxygen atoms in total. The molecule has 1 aromatic heterocycles. The zero-order valence-corrected chi connectivity index (χ0v) is 16.6. The molecule has 2 fully saturated rings. The van der Waals surface area contributed by atoms with Crippen LogP contribution in [0, 0.1) is 11.3 Å². The number of halogens is 1. The molecule has 2 unspecified atom stereocenters. The number of hydrogen-bond donors (Lipinski definition) is 0. The molecule has 2 aromatic rings. The number of carbonyl (C=O) groups excluding carboxylic acids is 1. The first kappa shape index (κ1) is 18.5. The first-order valence-corrected chi connectivity index (χ1v) is 10.1. The number of fused-ring (bicyclic) bond motifs is 1. The van der Waals surface area contributed by atoms with E-state index in [9.17, 15) is 4.79 Å². The van der Waals surface area contributed by atoms with Crippen LogP contribution in [0.2, 0.25) is 5.02 Å². The van der Waals surface area contributed by atoms with Crippen LogP contribution in [-0.4, -0.2) is 58.2 Å². The number of nitrogens with zero attached hydrogens (tertiary/aromatic N) is 4. The van der Waals surface area contributed by atoms with Crippen LogP contribution in [0.4, 0.5) is 0 Å². The topological polar surface area (TPSA) is 41.4 Å². The van der Waals surface area contributed by atoms with Crippen LogP contribution in [0.3, 0.4) is 0 Å². The van der Waals surface area contributed by atoms with Gasteiger partial charge in [-0.1, -0.05) is 41.9 Å². The normalized spacial score (nSPS) is 25.1. The monoisotopic (exact) mass is 386 g/mol. The number of carbonyl (C=O) groups is 1. The second-order valence-corrected chi connectivity index (χ2v) is 8.54. The maximum absolute atomic E-state index is 12.0. The van der Waals surface area contributed by atoms with Crippen molar-refractivity contribution in [3.8, 4) is 0 Å². The molecule has 4 rings (SSSR count). The SMILES string of the molecule is CC(=O)N1CC2CN(CCn3cc(Cl)cn3)CC2(CCc2ccccc2)C1. The van der Waals surface area contributed by atoms with Gasteiger partial charge in [-0.25, -0.2) is 0 Å². The molecular formula is C21H27ClN4O. The Balaban J connectivity index is 1.42. The summed E-state index contributed by atoms with van der Waals surface area (Å²) in [6.45, 7) is 7.44. The van der Waals surface area contributed by atoms with E-state index in [1.165, 1.54) is 5.56 Å². The van der Waals surface area contributed by atoms with Crippen molar-refractivity contribution in [2.24, 2.45) is 11.3 Å². The number of aromatic nitrogens is 2. The third-order valence-corrected chi connectivity index (χ3v) is 6.47. The second kappa shape index (κ2) is 7.64. The largest absolute Gasteiger partial charge is 0.342 e. The van der Waals surface area contributed by atoms with E-state index in [1.807, 2.05) is 10.9 Å². The van der Waals surface area contributed by atoms with Crippen molar-refractivity contribution in [2.45, 2.75) is 26.3 Å². The van der Waals surface area contributed by atoms with Gasteiger partial charge in [0.2, 0.25) is 5.91 Å². The first-order chi connectivity index (χ1) is 13.0.